The van der Waals surface area contributed by atoms with Gasteiger partial charge in [-0.3, -0.25) is 9.59 Å². The lowest BCUT2D eigenvalue weighted by Crippen LogP contribution is -2.51. The van der Waals surface area contributed by atoms with E-state index in [0.717, 1.165) is 5.56 Å². The zero-order chi connectivity index (χ0) is 18.0. The Morgan fingerprint density at radius 2 is 1.84 bits per heavy atom. The zero-order valence-electron chi connectivity index (χ0n) is 14.8. The summed E-state index contributed by atoms with van der Waals surface area (Å²) in [6, 6.07) is 8.15. The van der Waals surface area contributed by atoms with Crippen molar-refractivity contribution in [3.8, 4) is 0 Å². The number of carbonyl (C=O) groups excluding carboxylic acids is 2. The number of hydrogen-bond acceptors (Lipinski definition) is 4. The van der Waals surface area contributed by atoms with Gasteiger partial charge < -0.3 is 9.80 Å². The molecular weight excluding hydrogens is 316 g/mol. The van der Waals surface area contributed by atoms with Crippen molar-refractivity contribution in [2.75, 3.05) is 19.6 Å². The number of piperazine rings is 1. The van der Waals surface area contributed by atoms with Crippen molar-refractivity contribution in [3.05, 3.63) is 58.7 Å². The van der Waals surface area contributed by atoms with E-state index in [4.69, 9.17) is 0 Å². The van der Waals surface area contributed by atoms with Crippen LogP contribution >= 0.6 is 0 Å². The molecular formula is C19H22N4O2. The van der Waals surface area contributed by atoms with Gasteiger partial charge >= 0.3 is 0 Å². The average Bonchev–Trinajstić information content (AvgIpc) is 2.58. The number of carbonyl (C=O) groups is 2. The first-order chi connectivity index (χ1) is 11.9. The van der Waals surface area contributed by atoms with Gasteiger partial charge in [0.05, 0.1) is 11.3 Å². The molecule has 25 heavy (non-hydrogen) atoms. The lowest BCUT2D eigenvalue weighted by Gasteiger charge is -2.34. The molecule has 130 valence electrons. The zero-order valence-corrected chi connectivity index (χ0v) is 14.8. The maximum atomic E-state index is 12.7. The van der Waals surface area contributed by atoms with Gasteiger partial charge in [0, 0.05) is 25.8 Å². The highest BCUT2D eigenvalue weighted by atomic mass is 16.2. The molecule has 0 bridgehead atoms. The first-order valence-electron chi connectivity index (χ1n) is 8.37. The average molecular weight is 338 g/mol. The third-order valence-corrected chi connectivity index (χ3v) is 4.43. The van der Waals surface area contributed by atoms with Crippen LogP contribution in [0.2, 0.25) is 0 Å². The molecule has 0 N–H and O–H groups in total. The Morgan fingerprint density at radius 1 is 1.12 bits per heavy atom. The van der Waals surface area contributed by atoms with Crippen molar-refractivity contribution in [2.24, 2.45) is 0 Å². The number of aryl methyl sites for hydroxylation is 3. The quantitative estimate of drug-likeness (QED) is 0.857. The van der Waals surface area contributed by atoms with Crippen LogP contribution in [0.15, 0.2) is 30.5 Å². The lowest BCUT2D eigenvalue weighted by molar-refractivity contribution is -0.135. The van der Waals surface area contributed by atoms with E-state index in [1.54, 1.807) is 29.8 Å². The largest absolute Gasteiger partial charge is 0.335 e. The van der Waals surface area contributed by atoms with Crippen LogP contribution in [0.3, 0.4) is 0 Å². The van der Waals surface area contributed by atoms with Crippen LogP contribution in [-0.4, -0.2) is 51.2 Å². The Balaban J connectivity index is 1.65. The van der Waals surface area contributed by atoms with E-state index < -0.39 is 0 Å². The van der Waals surface area contributed by atoms with Gasteiger partial charge in [0.1, 0.15) is 12.4 Å². The first kappa shape index (κ1) is 17.1. The predicted octanol–water partition coefficient (Wildman–Crippen LogP) is 1.89. The van der Waals surface area contributed by atoms with E-state index in [2.05, 4.69) is 9.97 Å². The molecule has 3 rings (SSSR count). The minimum atomic E-state index is -0.180. The minimum absolute atomic E-state index is 0.0362. The summed E-state index contributed by atoms with van der Waals surface area (Å²) >= 11 is 0. The summed E-state index contributed by atoms with van der Waals surface area (Å²) in [5.41, 5.74) is 3.40. The standard InChI is InChI=1S/C19H22N4O2/c1-13-4-6-16(7-5-13)11-22-8-9-23(12-18(22)24)19(25)17-10-20-15(3)21-14(17)2/h4-7,10H,8-9,11-12H2,1-3H3. The van der Waals surface area contributed by atoms with Crippen molar-refractivity contribution in [2.45, 2.75) is 27.3 Å². The van der Waals surface area contributed by atoms with Crippen LogP contribution in [0, 0.1) is 20.8 Å². The molecule has 0 radical (unpaired) electrons. The SMILES string of the molecule is Cc1ccc(CN2CCN(C(=O)c3cnc(C)nc3C)CC2=O)cc1. The Labute approximate surface area is 147 Å². The summed E-state index contributed by atoms with van der Waals surface area (Å²) in [6.07, 6.45) is 1.54. The van der Waals surface area contributed by atoms with Crippen LogP contribution in [0.1, 0.15) is 33.0 Å². The highest BCUT2D eigenvalue weighted by Gasteiger charge is 2.28. The van der Waals surface area contributed by atoms with Gasteiger partial charge in [0.15, 0.2) is 0 Å². The maximum absolute atomic E-state index is 12.7. The smallest absolute Gasteiger partial charge is 0.257 e. The second-order valence-electron chi connectivity index (χ2n) is 6.44. The van der Waals surface area contributed by atoms with Gasteiger partial charge in [0.2, 0.25) is 5.91 Å². The highest BCUT2D eigenvalue weighted by molar-refractivity contribution is 5.97. The molecule has 1 aliphatic heterocycles. The van der Waals surface area contributed by atoms with Crippen molar-refractivity contribution in [3.63, 3.8) is 0 Å². The number of nitrogens with zero attached hydrogens (tertiary/aromatic N) is 4. The summed E-state index contributed by atoms with van der Waals surface area (Å²) in [5.74, 6) is 0.416. The summed E-state index contributed by atoms with van der Waals surface area (Å²) in [6.45, 7) is 7.34. The van der Waals surface area contributed by atoms with Crippen LogP contribution < -0.4 is 0 Å². The summed E-state index contributed by atoms with van der Waals surface area (Å²) in [7, 11) is 0. The van der Waals surface area contributed by atoms with Crippen molar-refractivity contribution in [1.82, 2.24) is 19.8 Å². The monoisotopic (exact) mass is 338 g/mol. The third-order valence-electron chi connectivity index (χ3n) is 4.43. The molecule has 0 aliphatic carbocycles. The molecule has 6 nitrogen and oxygen atoms in total. The molecule has 0 atom stereocenters. The van der Waals surface area contributed by atoms with Crippen LogP contribution in [0.5, 0.6) is 0 Å². The Hall–Kier alpha value is -2.76. The molecule has 1 aromatic carbocycles. The molecule has 0 saturated carbocycles. The number of benzene rings is 1. The predicted molar refractivity (Wildman–Crippen MR) is 94.0 cm³/mol. The molecule has 2 aromatic rings. The minimum Gasteiger partial charge on any atom is -0.335 e. The molecule has 1 aliphatic rings. The topological polar surface area (TPSA) is 66.4 Å². The fraction of sp³-hybridized carbons (Fsp3) is 0.368. The second-order valence-corrected chi connectivity index (χ2v) is 6.44. The van der Waals surface area contributed by atoms with Gasteiger partial charge in [-0.05, 0) is 26.3 Å². The van der Waals surface area contributed by atoms with Gasteiger partial charge in [-0.25, -0.2) is 9.97 Å². The number of hydrogen-bond donors (Lipinski definition) is 0. The third kappa shape index (κ3) is 3.84. The van der Waals surface area contributed by atoms with E-state index in [1.807, 2.05) is 31.2 Å². The van der Waals surface area contributed by atoms with E-state index in [1.165, 1.54) is 5.56 Å². The molecule has 1 saturated heterocycles. The normalized spacial score (nSPS) is 14.8. The summed E-state index contributed by atoms with van der Waals surface area (Å²) in [4.78, 5) is 36.8. The fourth-order valence-corrected chi connectivity index (χ4v) is 2.93. The molecule has 1 fully saturated rings. The van der Waals surface area contributed by atoms with E-state index in [-0.39, 0.29) is 18.4 Å². The lowest BCUT2D eigenvalue weighted by atomic mass is 10.1. The molecule has 2 amide bonds. The van der Waals surface area contributed by atoms with E-state index in [9.17, 15) is 9.59 Å². The van der Waals surface area contributed by atoms with E-state index >= 15 is 0 Å². The molecule has 0 unspecified atom stereocenters. The molecule has 1 aromatic heterocycles. The maximum Gasteiger partial charge on any atom is 0.257 e. The summed E-state index contributed by atoms with van der Waals surface area (Å²) in [5, 5.41) is 0. The van der Waals surface area contributed by atoms with E-state index in [0.29, 0.717) is 36.7 Å². The van der Waals surface area contributed by atoms with Gasteiger partial charge in [-0.1, -0.05) is 29.8 Å². The van der Waals surface area contributed by atoms with Gasteiger partial charge in [-0.2, -0.15) is 0 Å². The van der Waals surface area contributed by atoms with Crippen molar-refractivity contribution >= 4 is 11.8 Å². The summed E-state index contributed by atoms with van der Waals surface area (Å²) < 4.78 is 0. The van der Waals surface area contributed by atoms with Crippen molar-refractivity contribution < 1.29 is 9.59 Å². The number of rotatable bonds is 3. The number of amides is 2. The van der Waals surface area contributed by atoms with Crippen molar-refractivity contribution in [1.29, 1.82) is 0 Å². The Bertz CT molecular complexity index is 802. The Morgan fingerprint density at radius 3 is 2.48 bits per heavy atom. The Kier molecular flexibility index (Phi) is 4.79. The van der Waals surface area contributed by atoms with Crippen LogP contribution in [-0.2, 0) is 11.3 Å². The molecule has 0 spiro atoms. The van der Waals surface area contributed by atoms with Crippen LogP contribution in [0.4, 0.5) is 0 Å². The molecule has 2 heterocycles. The molecule has 6 heteroatoms. The van der Waals surface area contributed by atoms with Crippen LogP contribution in [0.25, 0.3) is 0 Å². The number of aromatic nitrogens is 2. The fourth-order valence-electron chi connectivity index (χ4n) is 2.93. The highest BCUT2D eigenvalue weighted by Crippen LogP contribution is 2.14. The first-order valence-corrected chi connectivity index (χ1v) is 8.37. The second kappa shape index (κ2) is 7.01. The van der Waals surface area contributed by atoms with Gasteiger partial charge in [0.25, 0.3) is 5.91 Å². The van der Waals surface area contributed by atoms with Gasteiger partial charge in [-0.15, -0.1) is 0 Å².